The summed E-state index contributed by atoms with van der Waals surface area (Å²) in [6.07, 6.45) is 10.5. The zero-order chi connectivity index (χ0) is 16.8. The van der Waals surface area contributed by atoms with Crippen molar-refractivity contribution in [2.45, 2.75) is 67.2 Å². The Labute approximate surface area is 137 Å². The third-order valence-electron chi connectivity index (χ3n) is 4.27. The molecule has 1 aliphatic carbocycles. The quantitative estimate of drug-likeness (QED) is 0.545. The lowest BCUT2D eigenvalue weighted by Gasteiger charge is -2.26. The van der Waals surface area contributed by atoms with Crippen LogP contribution in [0.5, 0.6) is 0 Å². The van der Waals surface area contributed by atoms with Crippen LogP contribution in [-0.2, 0) is 11.8 Å². The van der Waals surface area contributed by atoms with Crippen molar-refractivity contribution in [3.05, 3.63) is 46.5 Å². The molecule has 0 heteroatoms. The van der Waals surface area contributed by atoms with Crippen LogP contribution in [0.2, 0.25) is 0 Å². The Balaban J connectivity index is 2.68. The molecule has 22 heavy (non-hydrogen) atoms. The standard InChI is InChI=1S/C22H32/c1-20(2,3)15-16-9-10-19(21(4,5)6)18-12-14-22(7,8)13-11-17(16)18/h9-14H,15H2,1-8H3. The van der Waals surface area contributed by atoms with E-state index in [1.54, 1.807) is 0 Å². The average Bonchev–Trinajstić information content (AvgIpc) is 2.46. The van der Waals surface area contributed by atoms with Crippen LogP contribution in [0.4, 0.5) is 0 Å². The minimum Gasteiger partial charge on any atom is -0.0745 e. The van der Waals surface area contributed by atoms with E-state index in [1.165, 1.54) is 22.3 Å². The fourth-order valence-corrected chi connectivity index (χ4v) is 3.09. The molecule has 0 radical (unpaired) electrons. The molecule has 0 bridgehead atoms. The van der Waals surface area contributed by atoms with E-state index in [1.807, 2.05) is 0 Å². The van der Waals surface area contributed by atoms with Gasteiger partial charge >= 0.3 is 0 Å². The molecule has 0 fully saturated rings. The Morgan fingerprint density at radius 3 is 1.86 bits per heavy atom. The third kappa shape index (κ3) is 3.91. The molecule has 0 aromatic heterocycles. The van der Waals surface area contributed by atoms with Crippen molar-refractivity contribution in [3.8, 4) is 0 Å². The Morgan fingerprint density at radius 1 is 0.818 bits per heavy atom. The first-order chi connectivity index (χ1) is 9.89. The molecule has 0 saturated heterocycles. The molecular formula is C22H32. The zero-order valence-corrected chi connectivity index (χ0v) is 15.7. The van der Waals surface area contributed by atoms with Crippen molar-refractivity contribution in [2.75, 3.05) is 0 Å². The van der Waals surface area contributed by atoms with Crippen LogP contribution < -0.4 is 0 Å². The number of benzene rings is 1. The zero-order valence-electron chi connectivity index (χ0n) is 15.7. The van der Waals surface area contributed by atoms with Gasteiger partial charge in [-0.3, -0.25) is 0 Å². The van der Waals surface area contributed by atoms with Gasteiger partial charge in [0.1, 0.15) is 0 Å². The lowest BCUT2D eigenvalue weighted by Crippen LogP contribution is -2.16. The average molecular weight is 296 g/mol. The van der Waals surface area contributed by atoms with Gasteiger partial charge in [-0.15, -0.1) is 0 Å². The van der Waals surface area contributed by atoms with E-state index < -0.39 is 0 Å². The highest BCUT2D eigenvalue weighted by Crippen LogP contribution is 2.37. The van der Waals surface area contributed by atoms with Crippen LogP contribution >= 0.6 is 0 Å². The minimum atomic E-state index is 0.118. The van der Waals surface area contributed by atoms with Crippen LogP contribution in [0, 0.1) is 10.8 Å². The lowest BCUT2D eigenvalue weighted by atomic mass is 9.78. The summed E-state index contributed by atoms with van der Waals surface area (Å²) < 4.78 is 0. The molecule has 0 heterocycles. The Morgan fingerprint density at radius 2 is 1.36 bits per heavy atom. The van der Waals surface area contributed by atoms with E-state index in [0.717, 1.165) is 6.42 Å². The first-order valence-corrected chi connectivity index (χ1v) is 8.44. The topological polar surface area (TPSA) is 0 Å². The SMILES string of the molecule is CC1(C)C=Cc2c(CC(C)(C)C)ccc(C(C)(C)C)c2C=C1. The van der Waals surface area contributed by atoms with Gasteiger partial charge in [0.25, 0.3) is 0 Å². The number of rotatable bonds is 1. The highest BCUT2D eigenvalue weighted by atomic mass is 14.3. The van der Waals surface area contributed by atoms with Crippen molar-refractivity contribution in [2.24, 2.45) is 10.8 Å². The Bertz CT molecular complexity index is 611. The summed E-state index contributed by atoms with van der Waals surface area (Å²) in [6.45, 7) is 18.4. The maximum absolute atomic E-state index is 2.35. The summed E-state index contributed by atoms with van der Waals surface area (Å²) in [7, 11) is 0. The van der Waals surface area contributed by atoms with Crippen LogP contribution in [0.1, 0.15) is 77.6 Å². The summed E-state index contributed by atoms with van der Waals surface area (Å²) in [5, 5.41) is 0. The molecule has 120 valence electrons. The fraction of sp³-hybridized carbons (Fsp3) is 0.545. The van der Waals surface area contributed by atoms with Gasteiger partial charge in [0.15, 0.2) is 0 Å². The predicted molar refractivity (Wildman–Crippen MR) is 100 cm³/mol. The van der Waals surface area contributed by atoms with Gasteiger partial charge in [0, 0.05) is 5.41 Å². The van der Waals surface area contributed by atoms with Crippen molar-refractivity contribution in [1.29, 1.82) is 0 Å². The highest BCUT2D eigenvalue weighted by molar-refractivity contribution is 5.74. The van der Waals surface area contributed by atoms with Gasteiger partial charge in [0.2, 0.25) is 0 Å². The molecule has 0 amide bonds. The molecule has 0 aliphatic heterocycles. The van der Waals surface area contributed by atoms with Gasteiger partial charge in [-0.2, -0.15) is 0 Å². The second-order valence-corrected chi connectivity index (χ2v) is 9.58. The minimum absolute atomic E-state index is 0.118. The summed E-state index contributed by atoms with van der Waals surface area (Å²) in [4.78, 5) is 0. The van der Waals surface area contributed by atoms with Gasteiger partial charge in [-0.1, -0.05) is 91.8 Å². The van der Waals surface area contributed by atoms with Crippen LogP contribution in [0.15, 0.2) is 24.3 Å². The Hall–Kier alpha value is -1.30. The smallest absolute Gasteiger partial charge is 0.00111 e. The monoisotopic (exact) mass is 296 g/mol. The molecule has 0 N–H and O–H groups in total. The molecule has 0 nitrogen and oxygen atoms in total. The molecule has 0 saturated carbocycles. The molecule has 0 atom stereocenters. The predicted octanol–water partition coefficient (Wildman–Crippen LogP) is 6.64. The van der Waals surface area contributed by atoms with Crippen LogP contribution in [0.3, 0.4) is 0 Å². The first-order valence-electron chi connectivity index (χ1n) is 8.44. The second kappa shape index (κ2) is 5.41. The maximum atomic E-state index is 2.35. The number of hydrogen-bond acceptors (Lipinski definition) is 0. The largest absolute Gasteiger partial charge is 0.0745 e. The van der Waals surface area contributed by atoms with Crippen LogP contribution in [0.25, 0.3) is 12.2 Å². The van der Waals surface area contributed by atoms with Crippen molar-refractivity contribution < 1.29 is 0 Å². The highest BCUT2D eigenvalue weighted by Gasteiger charge is 2.24. The molecule has 2 rings (SSSR count). The molecule has 0 unspecified atom stereocenters. The number of allylic oxidation sites excluding steroid dienone is 2. The summed E-state index contributed by atoms with van der Waals surface area (Å²) >= 11 is 0. The van der Waals surface area contributed by atoms with Crippen LogP contribution in [-0.4, -0.2) is 0 Å². The molecule has 1 aromatic rings. The van der Waals surface area contributed by atoms with E-state index in [0.29, 0.717) is 5.41 Å². The second-order valence-electron chi connectivity index (χ2n) is 9.58. The van der Waals surface area contributed by atoms with E-state index in [4.69, 9.17) is 0 Å². The van der Waals surface area contributed by atoms with E-state index >= 15 is 0 Å². The molecular weight excluding hydrogens is 264 g/mol. The van der Waals surface area contributed by atoms with E-state index in [2.05, 4.69) is 91.8 Å². The first kappa shape index (κ1) is 17.1. The van der Waals surface area contributed by atoms with E-state index in [-0.39, 0.29) is 10.8 Å². The molecule has 1 aliphatic rings. The fourth-order valence-electron chi connectivity index (χ4n) is 3.09. The molecule has 1 aromatic carbocycles. The molecule has 0 spiro atoms. The summed E-state index contributed by atoms with van der Waals surface area (Å²) in [5.74, 6) is 0. The van der Waals surface area contributed by atoms with Gasteiger partial charge in [0.05, 0.1) is 0 Å². The van der Waals surface area contributed by atoms with Crippen molar-refractivity contribution in [3.63, 3.8) is 0 Å². The normalized spacial score (nSPS) is 17.3. The van der Waals surface area contributed by atoms with Gasteiger partial charge < -0.3 is 0 Å². The summed E-state index contributed by atoms with van der Waals surface area (Å²) in [6, 6.07) is 4.69. The lowest BCUT2D eigenvalue weighted by molar-refractivity contribution is 0.411. The van der Waals surface area contributed by atoms with Crippen molar-refractivity contribution in [1.82, 2.24) is 0 Å². The van der Waals surface area contributed by atoms with Gasteiger partial charge in [-0.25, -0.2) is 0 Å². The third-order valence-corrected chi connectivity index (χ3v) is 4.27. The summed E-state index contributed by atoms with van der Waals surface area (Å²) in [5.41, 5.74) is 6.33. The van der Waals surface area contributed by atoms with Crippen molar-refractivity contribution >= 4 is 12.2 Å². The van der Waals surface area contributed by atoms with Gasteiger partial charge in [-0.05, 0) is 39.5 Å². The van der Waals surface area contributed by atoms with E-state index in [9.17, 15) is 0 Å². The maximum Gasteiger partial charge on any atom is 0.00111 e. The Kier molecular flexibility index (Phi) is 4.19. The number of hydrogen-bond donors (Lipinski definition) is 0. The number of fused-ring (bicyclic) bond motifs is 1.